The lowest BCUT2D eigenvalue weighted by Crippen LogP contribution is -2.20. The number of nitrogens with one attached hydrogen (secondary N) is 1. The number of hydrogen-bond donors (Lipinski definition) is 1. The van der Waals surface area contributed by atoms with E-state index in [1.54, 1.807) is 18.3 Å². The molecule has 116 valence electrons. The molecule has 0 aliphatic heterocycles. The maximum absolute atomic E-state index is 12.0. The summed E-state index contributed by atoms with van der Waals surface area (Å²) >= 11 is 6.14. The predicted octanol–water partition coefficient (Wildman–Crippen LogP) is 4.21. The second kappa shape index (κ2) is 6.67. The van der Waals surface area contributed by atoms with Crippen LogP contribution in [-0.4, -0.2) is 17.5 Å². The molecular weight excluding hydrogens is 312 g/mol. The highest BCUT2D eigenvalue weighted by Crippen LogP contribution is 2.29. The van der Waals surface area contributed by atoms with Gasteiger partial charge in [0, 0.05) is 17.3 Å². The van der Waals surface area contributed by atoms with Crippen molar-refractivity contribution in [3.8, 4) is 5.75 Å². The van der Waals surface area contributed by atoms with E-state index in [4.69, 9.17) is 16.3 Å². The van der Waals surface area contributed by atoms with E-state index in [0.717, 1.165) is 16.6 Å². The monoisotopic (exact) mass is 326 g/mol. The van der Waals surface area contributed by atoms with E-state index in [2.05, 4.69) is 10.3 Å². The molecule has 3 aromatic rings. The Morgan fingerprint density at radius 1 is 1.22 bits per heavy atom. The van der Waals surface area contributed by atoms with E-state index in [9.17, 15) is 4.79 Å². The molecule has 1 heterocycles. The quantitative estimate of drug-likeness (QED) is 0.781. The molecule has 5 heteroatoms. The van der Waals surface area contributed by atoms with Gasteiger partial charge in [-0.05, 0) is 48.9 Å². The topological polar surface area (TPSA) is 51.2 Å². The van der Waals surface area contributed by atoms with Crippen LogP contribution in [0, 0.1) is 6.92 Å². The van der Waals surface area contributed by atoms with Crippen molar-refractivity contribution in [2.75, 3.05) is 11.9 Å². The number of benzene rings is 2. The number of aryl methyl sites for hydroxylation is 1. The SMILES string of the molecule is Cc1cccc(NC(=O)COc2ccc(Cl)c3cccnc23)c1. The van der Waals surface area contributed by atoms with Crippen molar-refractivity contribution in [3.05, 3.63) is 65.3 Å². The fraction of sp³-hybridized carbons (Fsp3) is 0.111. The number of nitrogens with zero attached hydrogens (tertiary/aromatic N) is 1. The van der Waals surface area contributed by atoms with Gasteiger partial charge < -0.3 is 10.1 Å². The van der Waals surface area contributed by atoms with Gasteiger partial charge in [-0.2, -0.15) is 0 Å². The number of anilines is 1. The number of halogens is 1. The Morgan fingerprint density at radius 3 is 2.91 bits per heavy atom. The molecule has 0 radical (unpaired) electrons. The van der Waals surface area contributed by atoms with Gasteiger partial charge in [0.05, 0.1) is 5.02 Å². The summed E-state index contributed by atoms with van der Waals surface area (Å²) in [6.45, 7) is 1.87. The number of hydrogen-bond acceptors (Lipinski definition) is 3. The molecule has 0 aliphatic carbocycles. The lowest BCUT2D eigenvalue weighted by atomic mass is 10.2. The van der Waals surface area contributed by atoms with Crippen molar-refractivity contribution >= 4 is 34.1 Å². The first-order chi connectivity index (χ1) is 11.1. The summed E-state index contributed by atoms with van der Waals surface area (Å²) in [7, 11) is 0. The van der Waals surface area contributed by atoms with Crippen LogP contribution in [0.25, 0.3) is 10.9 Å². The number of pyridine rings is 1. The fourth-order valence-corrected chi connectivity index (χ4v) is 2.51. The molecule has 0 saturated carbocycles. The maximum Gasteiger partial charge on any atom is 0.262 e. The summed E-state index contributed by atoms with van der Waals surface area (Å²) in [6, 6.07) is 14.7. The molecule has 0 aliphatic rings. The normalized spacial score (nSPS) is 10.5. The van der Waals surface area contributed by atoms with Gasteiger partial charge in [-0.25, -0.2) is 0 Å². The molecule has 0 saturated heterocycles. The molecule has 23 heavy (non-hydrogen) atoms. The van der Waals surface area contributed by atoms with Crippen LogP contribution in [-0.2, 0) is 4.79 Å². The van der Waals surface area contributed by atoms with Crippen LogP contribution in [0.2, 0.25) is 5.02 Å². The molecule has 1 aromatic heterocycles. The number of fused-ring (bicyclic) bond motifs is 1. The highest BCUT2D eigenvalue weighted by molar-refractivity contribution is 6.35. The van der Waals surface area contributed by atoms with Crippen LogP contribution in [0.1, 0.15) is 5.56 Å². The number of ether oxygens (including phenoxy) is 1. The number of carbonyl (C=O) groups is 1. The van der Waals surface area contributed by atoms with Crippen molar-refractivity contribution in [3.63, 3.8) is 0 Å². The van der Waals surface area contributed by atoms with Gasteiger partial charge in [-0.3, -0.25) is 9.78 Å². The minimum absolute atomic E-state index is 0.0960. The zero-order chi connectivity index (χ0) is 16.2. The summed E-state index contributed by atoms with van der Waals surface area (Å²) in [5, 5.41) is 4.20. The van der Waals surface area contributed by atoms with E-state index >= 15 is 0 Å². The van der Waals surface area contributed by atoms with E-state index in [1.165, 1.54) is 0 Å². The minimum Gasteiger partial charge on any atom is -0.481 e. The van der Waals surface area contributed by atoms with Crippen LogP contribution < -0.4 is 10.1 Å². The van der Waals surface area contributed by atoms with Crippen molar-refractivity contribution in [2.45, 2.75) is 6.92 Å². The number of amides is 1. The highest BCUT2D eigenvalue weighted by Gasteiger charge is 2.09. The molecule has 0 atom stereocenters. The van der Waals surface area contributed by atoms with Gasteiger partial charge in [0.2, 0.25) is 0 Å². The Morgan fingerprint density at radius 2 is 2.09 bits per heavy atom. The van der Waals surface area contributed by atoms with Crippen LogP contribution in [0.15, 0.2) is 54.7 Å². The molecule has 0 bridgehead atoms. The van der Waals surface area contributed by atoms with Crippen molar-refractivity contribution < 1.29 is 9.53 Å². The zero-order valence-electron chi connectivity index (χ0n) is 12.5. The van der Waals surface area contributed by atoms with Crippen LogP contribution in [0.4, 0.5) is 5.69 Å². The van der Waals surface area contributed by atoms with Gasteiger partial charge in [0.15, 0.2) is 6.61 Å². The predicted molar refractivity (Wildman–Crippen MR) is 92.1 cm³/mol. The second-order valence-corrected chi connectivity index (χ2v) is 5.56. The van der Waals surface area contributed by atoms with Crippen LogP contribution in [0.3, 0.4) is 0 Å². The first-order valence-corrected chi connectivity index (χ1v) is 7.54. The summed E-state index contributed by atoms with van der Waals surface area (Å²) in [5.74, 6) is 0.305. The van der Waals surface area contributed by atoms with E-state index in [-0.39, 0.29) is 12.5 Å². The molecule has 0 unspecified atom stereocenters. The third-order valence-corrected chi connectivity index (χ3v) is 3.67. The molecule has 3 rings (SSSR count). The standard InChI is InChI=1S/C18H15ClN2O2/c1-12-4-2-5-13(10-12)21-17(22)11-23-16-8-7-15(19)14-6-3-9-20-18(14)16/h2-10H,11H2,1H3,(H,21,22). The minimum atomic E-state index is -0.227. The number of carbonyl (C=O) groups excluding carboxylic acids is 1. The van der Waals surface area contributed by atoms with Crippen molar-refractivity contribution in [1.29, 1.82) is 0 Å². The number of rotatable bonds is 4. The first-order valence-electron chi connectivity index (χ1n) is 7.16. The largest absolute Gasteiger partial charge is 0.481 e. The molecule has 2 aromatic carbocycles. The molecule has 1 amide bonds. The van der Waals surface area contributed by atoms with Crippen molar-refractivity contribution in [1.82, 2.24) is 4.98 Å². The van der Waals surface area contributed by atoms with Crippen molar-refractivity contribution in [2.24, 2.45) is 0 Å². The second-order valence-electron chi connectivity index (χ2n) is 5.15. The lowest BCUT2D eigenvalue weighted by molar-refractivity contribution is -0.118. The third-order valence-electron chi connectivity index (χ3n) is 3.34. The van der Waals surface area contributed by atoms with E-state index < -0.39 is 0 Å². The molecular formula is C18H15ClN2O2. The Hall–Kier alpha value is -2.59. The molecule has 0 fully saturated rings. The average Bonchev–Trinajstić information content (AvgIpc) is 2.54. The van der Waals surface area contributed by atoms with E-state index in [0.29, 0.717) is 16.3 Å². The van der Waals surface area contributed by atoms with Gasteiger partial charge >= 0.3 is 0 Å². The Labute approximate surface area is 139 Å². The number of aromatic nitrogens is 1. The molecule has 1 N–H and O–H groups in total. The summed E-state index contributed by atoms with van der Waals surface area (Å²) < 4.78 is 5.61. The van der Waals surface area contributed by atoms with Gasteiger partial charge in [-0.1, -0.05) is 23.7 Å². The Kier molecular flexibility index (Phi) is 4.44. The highest BCUT2D eigenvalue weighted by atomic mass is 35.5. The van der Waals surface area contributed by atoms with Gasteiger partial charge in [0.1, 0.15) is 11.3 Å². The summed E-state index contributed by atoms with van der Waals surface area (Å²) in [5.41, 5.74) is 2.47. The smallest absolute Gasteiger partial charge is 0.262 e. The molecule has 0 spiro atoms. The van der Waals surface area contributed by atoms with E-state index in [1.807, 2.05) is 43.3 Å². The fourth-order valence-electron chi connectivity index (χ4n) is 2.29. The molecule has 4 nitrogen and oxygen atoms in total. The lowest BCUT2D eigenvalue weighted by Gasteiger charge is -2.10. The Bertz CT molecular complexity index is 865. The third kappa shape index (κ3) is 3.60. The zero-order valence-corrected chi connectivity index (χ0v) is 13.3. The maximum atomic E-state index is 12.0. The van der Waals surface area contributed by atoms with Crippen LogP contribution >= 0.6 is 11.6 Å². The van der Waals surface area contributed by atoms with Gasteiger partial charge in [-0.15, -0.1) is 0 Å². The Balaban J connectivity index is 1.71. The average molecular weight is 327 g/mol. The van der Waals surface area contributed by atoms with Gasteiger partial charge in [0.25, 0.3) is 5.91 Å². The first kappa shape index (κ1) is 15.3. The van der Waals surface area contributed by atoms with Crippen LogP contribution in [0.5, 0.6) is 5.75 Å². The summed E-state index contributed by atoms with van der Waals surface area (Å²) in [6.07, 6.45) is 1.67. The summed E-state index contributed by atoms with van der Waals surface area (Å²) in [4.78, 5) is 16.3.